The Kier molecular flexibility index (Phi) is 6.27. The van der Waals surface area contributed by atoms with E-state index in [9.17, 15) is 18.0 Å². The van der Waals surface area contributed by atoms with Crippen molar-refractivity contribution in [3.8, 4) is 0 Å². The lowest BCUT2D eigenvalue weighted by molar-refractivity contribution is -0.137. The number of likely N-dealkylation sites (N-methyl/N-ethyl adjacent to an activating group) is 1. The summed E-state index contributed by atoms with van der Waals surface area (Å²) in [6, 6.07) is 5.58. The molecule has 1 atom stereocenters. The van der Waals surface area contributed by atoms with E-state index in [-0.39, 0.29) is 5.91 Å². The van der Waals surface area contributed by atoms with Crippen LogP contribution in [-0.4, -0.2) is 49.4 Å². The summed E-state index contributed by atoms with van der Waals surface area (Å²) in [7, 11) is 3.49. The second-order valence-corrected chi connectivity index (χ2v) is 6.77. The third-order valence-corrected chi connectivity index (χ3v) is 4.56. The van der Waals surface area contributed by atoms with E-state index in [2.05, 4.69) is 4.90 Å². The highest BCUT2D eigenvalue weighted by molar-refractivity contribution is 5.77. The summed E-state index contributed by atoms with van der Waals surface area (Å²) in [5.41, 5.74) is 0.146. The Morgan fingerprint density at radius 2 is 2.08 bits per heavy atom. The summed E-state index contributed by atoms with van der Waals surface area (Å²) >= 11 is 0. The van der Waals surface area contributed by atoms with Gasteiger partial charge in [0.1, 0.15) is 0 Å². The first-order chi connectivity index (χ1) is 11.3. The van der Waals surface area contributed by atoms with Crippen molar-refractivity contribution in [1.82, 2.24) is 9.80 Å². The SMILES string of the molecule is CN(C)C(=O)CN1CCC[C@@H](CCc2cccc(C(F)(F)F)c2)C1. The number of likely N-dealkylation sites (tertiary alicyclic amines) is 1. The number of amides is 1. The maximum Gasteiger partial charge on any atom is 0.416 e. The van der Waals surface area contributed by atoms with Crippen LogP contribution in [0.25, 0.3) is 0 Å². The molecule has 0 aromatic heterocycles. The van der Waals surface area contributed by atoms with Crippen molar-refractivity contribution in [2.24, 2.45) is 5.92 Å². The molecule has 1 fully saturated rings. The molecule has 1 saturated heterocycles. The van der Waals surface area contributed by atoms with Crippen molar-refractivity contribution in [2.75, 3.05) is 33.7 Å². The normalized spacial score (nSPS) is 19.3. The maximum atomic E-state index is 12.8. The molecule has 24 heavy (non-hydrogen) atoms. The fourth-order valence-corrected chi connectivity index (χ4v) is 3.14. The van der Waals surface area contributed by atoms with Crippen LogP contribution in [0.5, 0.6) is 0 Å². The Labute approximate surface area is 141 Å². The number of aryl methyl sites for hydroxylation is 1. The minimum Gasteiger partial charge on any atom is -0.348 e. The molecule has 0 N–H and O–H groups in total. The molecule has 0 unspecified atom stereocenters. The van der Waals surface area contributed by atoms with Gasteiger partial charge in [0.15, 0.2) is 0 Å². The van der Waals surface area contributed by atoms with Gasteiger partial charge in [0.05, 0.1) is 12.1 Å². The molecule has 2 rings (SSSR count). The molecule has 1 aliphatic rings. The second-order valence-electron chi connectivity index (χ2n) is 6.77. The number of carbonyl (C=O) groups excluding carboxylic acids is 1. The summed E-state index contributed by atoms with van der Waals surface area (Å²) in [4.78, 5) is 15.6. The van der Waals surface area contributed by atoms with Gasteiger partial charge in [0.25, 0.3) is 0 Å². The molecule has 0 saturated carbocycles. The van der Waals surface area contributed by atoms with E-state index < -0.39 is 11.7 Å². The quantitative estimate of drug-likeness (QED) is 0.818. The lowest BCUT2D eigenvalue weighted by atomic mass is 9.91. The average Bonchev–Trinajstić information content (AvgIpc) is 2.52. The van der Waals surface area contributed by atoms with E-state index >= 15 is 0 Å². The third kappa shape index (κ3) is 5.51. The minimum absolute atomic E-state index is 0.0912. The predicted molar refractivity (Wildman–Crippen MR) is 87.6 cm³/mol. The topological polar surface area (TPSA) is 23.6 Å². The zero-order chi connectivity index (χ0) is 17.7. The molecule has 1 aromatic carbocycles. The minimum atomic E-state index is -4.29. The summed E-state index contributed by atoms with van der Waals surface area (Å²) in [6.45, 7) is 2.19. The number of carbonyl (C=O) groups is 1. The summed E-state index contributed by atoms with van der Waals surface area (Å²) in [5, 5.41) is 0. The van der Waals surface area contributed by atoms with E-state index in [0.717, 1.165) is 44.0 Å². The van der Waals surface area contributed by atoms with Crippen molar-refractivity contribution in [3.05, 3.63) is 35.4 Å². The Morgan fingerprint density at radius 1 is 1.33 bits per heavy atom. The van der Waals surface area contributed by atoms with Crippen LogP contribution in [0.1, 0.15) is 30.4 Å². The first kappa shape index (κ1) is 18.8. The van der Waals surface area contributed by atoms with E-state index in [1.165, 1.54) is 12.1 Å². The van der Waals surface area contributed by atoms with Crippen molar-refractivity contribution in [2.45, 2.75) is 31.9 Å². The van der Waals surface area contributed by atoms with Gasteiger partial charge in [-0.2, -0.15) is 13.2 Å². The number of alkyl halides is 3. The third-order valence-electron chi connectivity index (χ3n) is 4.56. The number of halogens is 3. The van der Waals surface area contributed by atoms with Crippen LogP contribution in [0, 0.1) is 5.92 Å². The van der Waals surface area contributed by atoms with Crippen LogP contribution >= 0.6 is 0 Å². The number of benzene rings is 1. The number of nitrogens with zero attached hydrogens (tertiary/aromatic N) is 2. The Bertz CT molecular complexity index is 557. The van der Waals surface area contributed by atoms with Crippen LogP contribution < -0.4 is 0 Å². The molecule has 0 bridgehead atoms. The van der Waals surface area contributed by atoms with Crippen molar-refractivity contribution < 1.29 is 18.0 Å². The second kappa shape index (κ2) is 8.01. The molecule has 1 aliphatic heterocycles. The highest BCUT2D eigenvalue weighted by Gasteiger charge is 2.30. The molecule has 0 radical (unpaired) electrons. The fraction of sp³-hybridized carbons (Fsp3) is 0.611. The van der Waals surface area contributed by atoms with E-state index in [1.807, 2.05) is 0 Å². The Balaban J connectivity index is 1.87. The van der Waals surface area contributed by atoms with E-state index in [4.69, 9.17) is 0 Å². The first-order valence-corrected chi connectivity index (χ1v) is 8.34. The zero-order valence-electron chi connectivity index (χ0n) is 14.3. The van der Waals surface area contributed by atoms with Crippen LogP contribution in [0.3, 0.4) is 0 Å². The molecular formula is C18H25F3N2O. The number of hydrogen-bond acceptors (Lipinski definition) is 2. The van der Waals surface area contributed by atoms with Gasteiger partial charge >= 0.3 is 6.18 Å². The Morgan fingerprint density at radius 3 is 2.75 bits per heavy atom. The first-order valence-electron chi connectivity index (χ1n) is 8.34. The summed E-state index contributed by atoms with van der Waals surface area (Å²) in [6.07, 6.45) is -0.679. The number of rotatable bonds is 5. The molecule has 0 spiro atoms. The van der Waals surface area contributed by atoms with Crippen LogP contribution in [-0.2, 0) is 17.4 Å². The van der Waals surface area contributed by atoms with Gasteiger partial charge in [0, 0.05) is 20.6 Å². The van der Waals surface area contributed by atoms with E-state index in [1.54, 1.807) is 25.1 Å². The number of hydrogen-bond donors (Lipinski definition) is 0. The zero-order valence-corrected chi connectivity index (χ0v) is 14.3. The van der Waals surface area contributed by atoms with E-state index in [0.29, 0.717) is 18.9 Å². The number of piperidine rings is 1. The van der Waals surface area contributed by atoms with Gasteiger partial charge < -0.3 is 4.90 Å². The van der Waals surface area contributed by atoms with Crippen LogP contribution in [0.15, 0.2) is 24.3 Å². The standard InChI is InChI=1S/C18H25F3N2O/c1-22(2)17(24)13-23-10-4-6-15(12-23)9-8-14-5-3-7-16(11-14)18(19,20)21/h3,5,7,11,15H,4,6,8-10,12-13H2,1-2H3/t15-/m0/s1. The molecule has 1 heterocycles. The van der Waals surface area contributed by atoms with Crippen molar-refractivity contribution in [1.29, 1.82) is 0 Å². The highest BCUT2D eigenvalue weighted by atomic mass is 19.4. The monoisotopic (exact) mass is 342 g/mol. The van der Waals surface area contributed by atoms with Gasteiger partial charge in [-0.05, 0) is 49.8 Å². The fourth-order valence-electron chi connectivity index (χ4n) is 3.14. The molecule has 1 aromatic rings. The van der Waals surface area contributed by atoms with Gasteiger partial charge in [-0.15, -0.1) is 0 Å². The molecule has 6 heteroatoms. The molecular weight excluding hydrogens is 317 g/mol. The van der Waals surface area contributed by atoms with Crippen molar-refractivity contribution in [3.63, 3.8) is 0 Å². The average molecular weight is 342 g/mol. The largest absolute Gasteiger partial charge is 0.416 e. The van der Waals surface area contributed by atoms with Crippen LogP contribution in [0.2, 0.25) is 0 Å². The molecule has 1 amide bonds. The predicted octanol–water partition coefficient (Wildman–Crippen LogP) is 3.44. The van der Waals surface area contributed by atoms with Crippen LogP contribution in [0.4, 0.5) is 13.2 Å². The van der Waals surface area contributed by atoms with Gasteiger partial charge in [-0.25, -0.2) is 0 Å². The maximum absolute atomic E-state index is 12.8. The lowest BCUT2D eigenvalue weighted by Gasteiger charge is -2.33. The smallest absolute Gasteiger partial charge is 0.348 e. The van der Waals surface area contributed by atoms with Gasteiger partial charge in [0.2, 0.25) is 5.91 Å². The lowest BCUT2D eigenvalue weighted by Crippen LogP contribution is -2.42. The highest BCUT2D eigenvalue weighted by Crippen LogP contribution is 2.30. The van der Waals surface area contributed by atoms with Gasteiger partial charge in [-0.1, -0.05) is 18.2 Å². The Hall–Kier alpha value is -1.56. The summed E-state index contributed by atoms with van der Waals surface area (Å²) in [5.74, 6) is 0.525. The molecule has 134 valence electrons. The molecule has 3 nitrogen and oxygen atoms in total. The molecule has 0 aliphatic carbocycles. The van der Waals surface area contributed by atoms with Crippen molar-refractivity contribution >= 4 is 5.91 Å². The summed E-state index contributed by atoms with van der Waals surface area (Å²) < 4.78 is 38.3. The van der Waals surface area contributed by atoms with Gasteiger partial charge in [-0.3, -0.25) is 9.69 Å².